The van der Waals surface area contributed by atoms with Gasteiger partial charge in [-0.2, -0.15) is 5.26 Å². The number of hydrogen-bond donors (Lipinski definition) is 0. The molecule has 3 unspecified atom stereocenters. The fraction of sp³-hybridized carbons (Fsp3) is 0.933. The van der Waals surface area contributed by atoms with E-state index < -0.39 is 0 Å². The Balaban J connectivity index is 2.08. The lowest BCUT2D eigenvalue weighted by Crippen LogP contribution is -2.47. The van der Waals surface area contributed by atoms with Gasteiger partial charge < -0.3 is 4.90 Å². The minimum atomic E-state index is 0.262. The van der Waals surface area contributed by atoms with Crippen molar-refractivity contribution in [1.82, 2.24) is 9.80 Å². The molecule has 1 saturated heterocycles. The van der Waals surface area contributed by atoms with Gasteiger partial charge in [-0.1, -0.05) is 19.3 Å². The number of rotatable bonds is 1. The third-order valence-electron chi connectivity index (χ3n) is 4.67. The van der Waals surface area contributed by atoms with Gasteiger partial charge in [0.1, 0.15) is 0 Å². The number of likely N-dealkylation sites (N-methyl/N-ethyl adjacent to an activating group) is 1. The molecule has 2 fully saturated rings. The zero-order valence-corrected chi connectivity index (χ0v) is 11.9. The summed E-state index contributed by atoms with van der Waals surface area (Å²) in [7, 11) is 2.22. The summed E-state index contributed by atoms with van der Waals surface area (Å²) in [6.07, 6.45) is 7.46. The van der Waals surface area contributed by atoms with Crippen LogP contribution < -0.4 is 0 Å². The highest BCUT2D eigenvalue weighted by molar-refractivity contribution is 4.96. The zero-order chi connectivity index (χ0) is 13.0. The predicted molar refractivity (Wildman–Crippen MR) is 74.3 cm³/mol. The largest absolute Gasteiger partial charge is 0.305 e. The van der Waals surface area contributed by atoms with Crippen molar-refractivity contribution in [3.8, 4) is 6.07 Å². The van der Waals surface area contributed by atoms with Crippen LogP contribution >= 0.6 is 0 Å². The van der Waals surface area contributed by atoms with Gasteiger partial charge in [0.2, 0.25) is 0 Å². The van der Waals surface area contributed by atoms with Gasteiger partial charge in [-0.3, -0.25) is 4.90 Å². The van der Waals surface area contributed by atoms with Crippen molar-refractivity contribution in [2.75, 3.05) is 26.7 Å². The highest BCUT2D eigenvalue weighted by atomic mass is 15.2. The molecular weight excluding hydrogens is 222 g/mol. The quantitative estimate of drug-likeness (QED) is 0.669. The van der Waals surface area contributed by atoms with Crippen LogP contribution in [0, 0.1) is 17.2 Å². The second kappa shape index (κ2) is 6.54. The Morgan fingerprint density at radius 3 is 2.61 bits per heavy atom. The monoisotopic (exact) mass is 249 g/mol. The lowest BCUT2D eigenvalue weighted by atomic mass is 9.93. The van der Waals surface area contributed by atoms with Crippen molar-refractivity contribution in [3.63, 3.8) is 0 Å². The minimum Gasteiger partial charge on any atom is -0.305 e. The Labute approximate surface area is 112 Å². The van der Waals surface area contributed by atoms with Crippen LogP contribution in [-0.2, 0) is 0 Å². The average Bonchev–Trinajstić information content (AvgIpc) is 2.66. The number of nitriles is 1. The first kappa shape index (κ1) is 13.8. The Hall–Kier alpha value is -0.590. The van der Waals surface area contributed by atoms with Crippen molar-refractivity contribution in [1.29, 1.82) is 5.26 Å². The van der Waals surface area contributed by atoms with E-state index in [9.17, 15) is 5.26 Å². The Morgan fingerprint density at radius 1 is 1.06 bits per heavy atom. The molecule has 0 bridgehead atoms. The van der Waals surface area contributed by atoms with Gasteiger partial charge >= 0.3 is 0 Å². The minimum absolute atomic E-state index is 0.262. The fourth-order valence-electron chi connectivity index (χ4n) is 3.72. The standard InChI is InChI=1S/C15H27N3/c1-13-12-17(2)9-6-10-18(13)15-8-5-3-4-7-14(15)11-16/h13-15H,3-10,12H2,1-2H3. The molecular formula is C15H27N3. The van der Waals surface area contributed by atoms with E-state index in [-0.39, 0.29) is 5.92 Å². The van der Waals surface area contributed by atoms with Gasteiger partial charge in [0, 0.05) is 25.2 Å². The van der Waals surface area contributed by atoms with Crippen molar-refractivity contribution < 1.29 is 0 Å². The highest BCUT2D eigenvalue weighted by Gasteiger charge is 2.32. The van der Waals surface area contributed by atoms with Crippen LogP contribution in [0.25, 0.3) is 0 Å². The molecule has 0 aromatic carbocycles. The van der Waals surface area contributed by atoms with Gasteiger partial charge in [0.15, 0.2) is 0 Å². The smallest absolute Gasteiger partial charge is 0.0672 e. The summed E-state index contributed by atoms with van der Waals surface area (Å²) in [4.78, 5) is 5.07. The van der Waals surface area contributed by atoms with E-state index in [1.165, 1.54) is 45.2 Å². The second-order valence-electron chi connectivity index (χ2n) is 6.14. The molecule has 3 atom stereocenters. The normalized spacial score (nSPS) is 36.6. The SMILES string of the molecule is CC1CN(C)CCCN1C1CCCCCC1C#N. The molecule has 0 spiro atoms. The van der Waals surface area contributed by atoms with Gasteiger partial charge in [-0.15, -0.1) is 0 Å². The van der Waals surface area contributed by atoms with E-state index in [4.69, 9.17) is 0 Å². The molecule has 0 N–H and O–H groups in total. The van der Waals surface area contributed by atoms with Crippen LogP contribution in [-0.4, -0.2) is 48.6 Å². The maximum absolute atomic E-state index is 9.44. The molecule has 3 heteroatoms. The topological polar surface area (TPSA) is 30.3 Å². The van der Waals surface area contributed by atoms with E-state index in [1.54, 1.807) is 0 Å². The van der Waals surface area contributed by atoms with Crippen molar-refractivity contribution in [3.05, 3.63) is 0 Å². The third kappa shape index (κ3) is 3.24. The Bertz CT molecular complexity index is 297. The first-order chi connectivity index (χ1) is 8.72. The van der Waals surface area contributed by atoms with E-state index >= 15 is 0 Å². The van der Waals surface area contributed by atoms with Crippen LogP contribution in [0.3, 0.4) is 0 Å². The Morgan fingerprint density at radius 2 is 1.83 bits per heavy atom. The first-order valence-electron chi connectivity index (χ1n) is 7.56. The average molecular weight is 249 g/mol. The van der Waals surface area contributed by atoms with Crippen molar-refractivity contribution in [2.45, 2.75) is 57.5 Å². The van der Waals surface area contributed by atoms with Crippen LogP contribution in [0.1, 0.15) is 45.4 Å². The van der Waals surface area contributed by atoms with E-state index in [1.807, 2.05) is 0 Å². The van der Waals surface area contributed by atoms with Crippen molar-refractivity contribution >= 4 is 0 Å². The molecule has 0 amide bonds. The summed E-state index contributed by atoms with van der Waals surface area (Å²) in [5.74, 6) is 0.262. The molecule has 3 nitrogen and oxygen atoms in total. The number of nitrogens with zero attached hydrogens (tertiary/aromatic N) is 3. The maximum Gasteiger partial charge on any atom is 0.0672 e. The summed E-state index contributed by atoms with van der Waals surface area (Å²) in [5, 5.41) is 9.44. The maximum atomic E-state index is 9.44. The molecule has 1 saturated carbocycles. The molecule has 1 aliphatic heterocycles. The lowest BCUT2D eigenvalue weighted by molar-refractivity contribution is 0.110. The predicted octanol–water partition coefficient (Wildman–Crippen LogP) is 2.48. The summed E-state index contributed by atoms with van der Waals surface area (Å²) in [6, 6.07) is 3.70. The summed E-state index contributed by atoms with van der Waals surface area (Å²) < 4.78 is 0. The molecule has 1 aliphatic carbocycles. The highest BCUT2D eigenvalue weighted by Crippen LogP contribution is 2.29. The zero-order valence-electron chi connectivity index (χ0n) is 11.9. The van der Waals surface area contributed by atoms with Crippen LogP contribution in [0.5, 0.6) is 0 Å². The molecule has 0 aromatic rings. The fourth-order valence-corrected chi connectivity index (χ4v) is 3.72. The second-order valence-corrected chi connectivity index (χ2v) is 6.14. The molecule has 1 heterocycles. The van der Waals surface area contributed by atoms with Gasteiger partial charge in [-0.25, -0.2) is 0 Å². The van der Waals surface area contributed by atoms with E-state index in [0.29, 0.717) is 12.1 Å². The summed E-state index contributed by atoms with van der Waals surface area (Å²) >= 11 is 0. The van der Waals surface area contributed by atoms with E-state index in [2.05, 4.69) is 29.8 Å². The van der Waals surface area contributed by atoms with E-state index in [0.717, 1.165) is 13.0 Å². The third-order valence-corrected chi connectivity index (χ3v) is 4.67. The Kier molecular flexibility index (Phi) is 5.03. The molecule has 102 valence electrons. The molecule has 2 aliphatic rings. The molecule has 2 rings (SSSR count). The summed E-state index contributed by atoms with van der Waals surface area (Å²) in [5.41, 5.74) is 0. The van der Waals surface area contributed by atoms with Gasteiger partial charge in [0.25, 0.3) is 0 Å². The molecule has 0 aromatic heterocycles. The number of hydrogen-bond acceptors (Lipinski definition) is 3. The van der Waals surface area contributed by atoms with Crippen LogP contribution in [0.4, 0.5) is 0 Å². The molecule has 0 radical (unpaired) electrons. The van der Waals surface area contributed by atoms with Gasteiger partial charge in [-0.05, 0) is 39.8 Å². The van der Waals surface area contributed by atoms with Gasteiger partial charge in [0.05, 0.1) is 12.0 Å². The lowest BCUT2D eigenvalue weighted by Gasteiger charge is -2.37. The molecule has 18 heavy (non-hydrogen) atoms. The summed E-state index contributed by atoms with van der Waals surface area (Å²) in [6.45, 7) is 5.86. The first-order valence-corrected chi connectivity index (χ1v) is 7.56. The van der Waals surface area contributed by atoms with Crippen molar-refractivity contribution in [2.24, 2.45) is 5.92 Å². The van der Waals surface area contributed by atoms with Crippen LogP contribution in [0.2, 0.25) is 0 Å². The van der Waals surface area contributed by atoms with Crippen LogP contribution in [0.15, 0.2) is 0 Å².